The van der Waals surface area contributed by atoms with Gasteiger partial charge in [-0.15, -0.1) is 0 Å². The van der Waals surface area contributed by atoms with Crippen molar-refractivity contribution >= 4 is 17.4 Å². The summed E-state index contributed by atoms with van der Waals surface area (Å²) in [7, 11) is 0. The summed E-state index contributed by atoms with van der Waals surface area (Å²) < 4.78 is 0. The Balaban J connectivity index is 2.05. The van der Waals surface area contributed by atoms with Crippen LogP contribution in [0.4, 0.5) is 5.82 Å². The molecule has 1 aliphatic heterocycles. The molecular formula is C16H23ClN4. The maximum Gasteiger partial charge on any atom is 0.150 e. The third kappa shape index (κ3) is 4.09. The van der Waals surface area contributed by atoms with Crippen LogP contribution >= 0.6 is 11.6 Å². The van der Waals surface area contributed by atoms with Crippen molar-refractivity contribution in [2.75, 3.05) is 18.8 Å². The molecule has 5 heteroatoms. The second-order valence-electron chi connectivity index (χ2n) is 6.52. The van der Waals surface area contributed by atoms with Gasteiger partial charge in [0.1, 0.15) is 17.2 Å². The lowest BCUT2D eigenvalue weighted by Crippen LogP contribution is -2.45. The average Bonchev–Trinajstić information content (AvgIpc) is 2.37. The van der Waals surface area contributed by atoms with Gasteiger partial charge in [-0.1, -0.05) is 23.4 Å². The fourth-order valence-corrected chi connectivity index (χ4v) is 2.81. The summed E-state index contributed by atoms with van der Waals surface area (Å²) in [6.07, 6.45) is 2.16. The van der Waals surface area contributed by atoms with Crippen molar-refractivity contribution in [1.29, 1.82) is 0 Å². The summed E-state index contributed by atoms with van der Waals surface area (Å²) in [6, 6.07) is 0. The van der Waals surface area contributed by atoms with Gasteiger partial charge in [-0.25, -0.2) is 9.97 Å². The van der Waals surface area contributed by atoms with Gasteiger partial charge in [-0.3, -0.25) is 4.90 Å². The molecule has 0 unspecified atom stereocenters. The van der Waals surface area contributed by atoms with Gasteiger partial charge in [0.2, 0.25) is 0 Å². The standard InChI is InChI=1S/C16H23ClN4/c1-11-19-14(17)13(15(18)20-11)6-5-12-7-9-21(10-8-12)16(2,3)4/h12H,7-10H2,1-4H3,(H2,18,19,20). The van der Waals surface area contributed by atoms with Crippen molar-refractivity contribution in [3.8, 4) is 11.8 Å². The maximum atomic E-state index is 6.09. The van der Waals surface area contributed by atoms with E-state index in [4.69, 9.17) is 17.3 Å². The first kappa shape index (κ1) is 16.1. The zero-order chi connectivity index (χ0) is 15.6. The highest BCUT2D eigenvalue weighted by molar-refractivity contribution is 6.30. The summed E-state index contributed by atoms with van der Waals surface area (Å²) in [4.78, 5) is 10.7. The third-order valence-electron chi connectivity index (χ3n) is 3.85. The molecule has 0 bridgehead atoms. The van der Waals surface area contributed by atoms with E-state index in [1.54, 1.807) is 6.92 Å². The van der Waals surface area contributed by atoms with Crippen molar-refractivity contribution in [3.05, 3.63) is 16.5 Å². The number of hydrogen-bond acceptors (Lipinski definition) is 4. The number of nitrogens with two attached hydrogens (primary N) is 1. The number of hydrogen-bond donors (Lipinski definition) is 1. The Bertz CT molecular complexity index is 549. The third-order valence-corrected chi connectivity index (χ3v) is 4.12. The van der Waals surface area contributed by atoms with E-state index >= 15 is 0 Å². The van der Waals surface area contributed by atoms with E-state index in [0.717, 1.165) is 25.9 Å². The number of aryl methyl sites for hydroxylation is 1. The van der Waals surface area contributed by atoms with E-state index in [1.165, 1.54) is 0 Å². The topological polar surface area (TPSA) is 55.0 Å². The largest absolute Gasteiger partial charge is 0.383 e. The van der Waals surface area contributed by atoms with E-state index < -0.39 is 0 Å². The Morgan fingerprint density at radius 1 is 1.24 bits per heavy atom. The van der Waals surface area contributed by atoms with Crippen LogP contribution in [0.25, 0.3) is 0 Å². The Morgan fingerprint density at radius 3 is 2.38 bits per heavy atom. The maximum absolute atomic E-state index is 6.09. The number of rotatable bonds is 0. The molecule has 0 aromatic carbocycles. The molecule has 2 N–H and O–H groups in total. The Kier molecular flexibility index (Phi) is 4.75. The smallest absolute Gasteiger partial charge is 0.150 e. The molecule has 1 aliphatic rings. The molecule has 4 nitrogen and oxygen atoms in total. The highest BCUT2D eigenvalue weighted by Crippen LogP contribution is 2.24. The molecule has 0 atom stereocenters. The van der Waals surface area contributed by atoms with Gasteiger partial charge >= 0.3 is 0 Å². The molecular weight excluding hydrogens is 284 g/mol. The summed E-state index contributed by atoms with van der Waals surface area (Å²) in [5.41, 5.74) is 6.66. The molecule has 1 fully saturated rings. The molecule has 21 heavy (non-hydrogen) atoms. The fourth-order valence-electron chi connectivity index (χ4n) is 2.54. The molecule has 2 rings (SSSR count). The van der Waals surface area contributed by atoms with Crippen LogP contribution in [-0.4, -0.2) is 33.5 Å². The number of halogens is 1. The summed E-state index contributed by atoms with van der Waals surface area (Å²) in [5.74, 6) is 7.70. The van der Waals surface area contributed by atoms with Crippen LogP contribution in [-0.2, 0) is 0 Å². The van der Waals surface area contributed by atoms with E-state index in [0.29, 0.717) is 28.3 Å². The molecule has 2 heterocycles. The first-order valence-corrected chi connectivity index (χ1v) is 7.71. The van der Waals surface area contributed by atoms with Crippen LogP contribution < -0.4 is 5.73 Å². The van der Waals surface area contributed by atoms with E-state index in [-0.39, 0.29) is 5.54 Å². The monoisotopic (exact) mass is 306 g/mol. The minimum Gasteiger partial charge on any atom is -0.383 e. The van der Waals surface area contributed by atoms with Crippen LogP contribution in [0.15, 0.2) is 0 Å². The normalized spacial score (nSPS) is 17.4. The zero-order valence-electron chi connectivity index (χ0n) is 13.2. The molecule has 1 aromatic rings. The summed E-state index contributed by atoms with van der Waals surface area (Å²) >= 11 is 6.09. The first-order chi connectivity index (χ1) is 9.77. The minimum atomic E-state index is 0.233. The number of nitrogens with zero attached hydrogens (tertiary/aromatic N) is 3. The number of piperidine rings is 1. The SMILES string of the molecule is Cc1nc(N)c(C#CC2CCN(C(C)(C)C)CC2)c(Cl)n1. The molecule has 0 radical (unpaired) electrons. The molecule has 0 spiro atoms. The molecule has 1 saturated heterocycles. The number of nitrogen functional groups attached to an aromatic ring is 1. The number of likely N-dealkylation sites (tertiary alicyclic amines) is 1. The predicted molar refractivity (Wildman–Crippen MR) is 87.1 cm³/mol. The van der Waals surface area contributed by atoms with Gasteiger partial charge in [0.25, 0.3) is 0 Å². The summed E-state index contributed by atoms with van der Waals surface area (Å²) in [5, 5.41) is 0.347. The van der Waals surface area contributed by atoms with Crippen molar-refractivity contribution in [1.82, 2.24) is 14.9 Å². The van der Waals surface area contributed by atoms with Gasteiger partial charge in [-0.2, -0.15) is 0 Å². The highest BCUT2D eigenvalue weighted by Gasteiger charge is 2.26. The van der Waals surface area contributed by atoms with Gasteiger partial charge < -0.3 is 5.73 Å². The van der Waals surface area contributed by atoms with Gasteiger partial charge in [0.15, 0.2) is 5.15 Å². The number of aromatic nitrogens is 2. The van der Waals surface area contributed by atoms with Crippen LogP contribution in [0, 0.1) is 24.7 Å². The minimum absolute atomic E-state index is 0.233. The second-order valence-corrected chi connectivity index (χ2v) is 6.88. The quantitative estimate of drug-likeness (QED) is 0.591. The number of anilines is 1. The first-order valence-electron chi connectivity index (χ1n) is 7.33. The van der Waals surface area contributed by atoms with Gasteiger partial charge in [0.05, 0.1) is 0 Å². The molecule has 1 aromatic heterocycles. The predicted octanol–water partition coefficient (Wildman–Crippen LogP) is 2.88. The van der Waals surface area contributed by atoms with Crippen LogP contribution in [0.1, 0.15) is 45.0 Å². The van der Waals surface area contributed by atoms with Crippen molar-refractivity contribution in [3.63, 3.8) is 0 Å². The van der Waals surface area contributed by atoms with E-state index in [1.807, 2.05) is 0 Å². The summed E-state index contributed by atoms with van der Waals surface area (Å²) in [6.45, 7) is 10.7. The Labute approximate surface area is 132 Å². The molecule has 0 aliphatic carbocycles. The fraction of sp³-hybridized carbons (Fsp3) is 0.625. The van der Waals surface area contributed by atoms with Crippen molar-refractivity contribution in [2.24, 2.45) is 5.92 Å². The van der Waals surface area contributed by atoms with E-state index in [9.17, 15) is 0 Å². The zero-order valence-corrected chi connectivity index (χ0v) is 14.0. The second kappa shape index (κ2) is 6.21. The molecule has 0 amide bonds. The van der Waals surface area contributed by atoms with Crippen molar-refractivity contribution < 1.29 is 0 Å². The van der Waals surface area contributed by atoms with Crippen LogP contribution in [0.2, 0.25) is 5.15 Å². The highest BCUT2D eigenvalue weighted by atomic mass is 35.5. The molecule has 114 valence electrons. The average molecular weight is 307 g/mol. The lowest BCUT2D eigenvalue weighted by molar-refractivity contribution is 0.0987. The van der Waals surface area contributed by atoms with Crippen LogP contribution in [0.3, 0.4) is 0 Å². The lowest BCUT2D eigenvalue weighted by Gasteiger charge is -2.39. The van der Waals surface area contributed by atoms with Crippen molar-refractivity contribution in [2.45, 2.75) is 46.1 Å². The van der Waals surface area contributed by atoms with Crippen LogP contribution in [0.5, 0.6) is 0 Å². The van der Waals surface area contributed by atoms with Gasteiger partial charge in [-0.05, 0) is 53.6 Å². The Hall–Kier alpha value is -1.31. The lowest BCUT2D eigenvalue weighted by atomic mass is 9.93. The molecule has 0 saturated carbocycles. The van der Waals surface area contributed by atoms with Gasteiger partial charge in [0, 0.05) is 11.5 Å². The van der Waals surface area contributed by atoms with E-state index in [2.05, 4.69) is 47.5 Å². The Morgan fingerprint density at radius 2 is 1.86 bits per heavy atom.